The first kappa shape index (κ1) is 10.2. The van der Waals surface area contributed by atoms with E-state index in [0.29, 0.717) is 0 Å². The van der Waals surface area contributed by atoms with Crippen molar-refractivity contribution in [3.05, 3.63) is 29.3 Å². The summed E-state index contributed by atoms with van der Waals surface area (Å²) in [6.45, 7) is 4.06. The van der Waals surface area contributed by atoms with Crippen LogP contribution < -0.4 is 4.74 Å². The molecule has 1 aliphatic heterocycles. The zero-order valence-corrected chi connectivity index (χ0v) is 9.90. The molecule has 2 heteroatoms. The highest BCUT2D eigenvalue weighted by Crippen LogP contribution is 2.50. The number of fused-ring (bicyclic) bond motifs is 1. The van der Waals surface area contributed by atoms with Crippen LogP contribution in [0.4, 0.5) is 0 Å². The van der Waals surface area contributed by atoms with E-state index in [1.54, 1.807) is 7.11 Å². The van der Waals surface area contributed by atoms with Crippen molar-refractivity contribution in [1.29, 1.82) is 0 Å². The van der Waals surface area contributed by atoms with Gasteiger partial charge in [0.1, 0.15) is 5.75 Å². The highest BCUT2D eigenvalue weighted by atomic mass is 16.5. The summed E-state index contributed by atoms with van der Waals surface area (Å²) in [6.07, 6.45) is 1.30. The number of hydrogen-bond donors (Lipinski definition) is 0. The largest absolute Gasteiger partial charge is 0.496 e. The SMILES string of the molecule is COc1ccc(C2CC3COCC32)cc1C. The molecule has 0 amide bonds. The van der Waals surface area contributed by atoms with Gasteiger partial charge in [0.25, 0.3) is 0 Å². The summed E-state index contributed by atoms with van der Waals surface area (Å²) in [6, 6.07) is 6.58. The Balaban J connectivity index is 1.82. The zero-order chi connectivity index (χ0) is 11.1. The Morgan fingerprint density at radius 2 is 2.19 bits per heavy atom. The van der Waals surface area contributed by atoms with Crippen molar-refractivity contribution >= 4 is 0 Å². The summed E-state index contributed by atoms with van der Waals surface area (Å²) in [7, 11) is 1.73. The highest BCUT2D eigenvalue weighted by molar-refractivity contribution is 5.38. The van der Waals surface area contributed by atoms with Crippen LogP contribution in [0.3, 0.4) is 0 Å². The number of aryl methyl sites for hydroxylation is 1. The molecule has 3 atom stereocenters. The second-order valence-corrected chi connectivity index (χ2v) is 5.03. The molecule has 3 unspecified atom stereocenters. The molecule has 2 nitrogen and oxygen atoms in total. The molecule has 3 rings (SSSR count). The van der Waals surface area contributed by atoms with Gasteiger partial charge in [-0.2, -0.15) is 0 Å². The summed E-state index contributed by atoms with van der Waals surface area (Å²) in [5, 5.41) is 0. The van der Waals surface area contributed by atoms with Crippen LogP contribution >= 0.6 is 0 Å². The van der Waals surface area contributed by atoms with E-state index in [2.05, 4.69) is 25.1 Å². The van der Waals surface area contributed by atoms with Gasteiger partial charge in [-0.3, -0.25) is 0 Å². The predicted octanol–water partition coefficient (Wildman–Crippen LogP) is 2.75. The van der Waals surface area contributed by atoms with Crippen LogP contribution in [0.15, 0.2) is 18.2 Å². The third-order valence-electron chi connectivity index (χ3n) is 4.17. The van der Waals surface area contributed by atoms with Crippen LogP contribution in [0.25, 0.3) is 0 Å². The van der Waals surface area contributed by atoms with Crippen molar-refractivity contribution in [3.8, 4) is 5.75 Å². The zero-order valence-electron chi connectivity index (χ0n) is 9.90. The molecule has 1 aliphatic carbocycles. The molecular formula is C14H18O2. The number of rotatable bonds is 2. The fraction of sp³-hybridized carbons (Fsp3) is 0.571. The average Bonchev–Trinajstić information content (AvgIpc) is 2.61. The molecule has 1 saturated carbocycles. The topological polar surface area (TPSA) is 18.5 Å². The Labute approximate surface area is 96.6 Å². The van der Waals surface area contributed by atoms with Gasteiger partial charge in [-0.05, 0) is 48.3 Å². The highest BCUT2D eigenvalue weighted by Gasteiger charge is 2.45. The maximum absolute atomic E-state index is 5.53. The van der Waals surface area contributed by atoms with E-state index in [1.165, 1.54) is 17.5 Å². The molecule has 0 spiro atoms. The van der Waals surface area contributed by atoms with Crippen molar-refractivity contribution in [3.63, 3.8) is 0 Å². The molecule has 1 aromatic rings. The Kier molecular flexibility index (Phi) is 2.40. The van der Waals surface area contributed by atoms with E-state index >= 15 is 0 Å². The van der Waals surface area contributed by atoms with Crippen molar-refractivity contribution in [2.24, 2.45) is 11.8 Å². The third-order valence-corrected chi connectivity index (χ3v) is 4.17. The summed E-state index contributed by atoms with van der Waals surface area (Å²) in [5.41, 5.74) is 2.70. The maximum atomic E-state index is 5.53. The summed E-state index contributed by atoms with van der Waals surface area (Å²) >= 11 is 0. The van der Waals surface area contributed by atoms with Gasteiger partial charge < -0.3 is 9.47 Å². The van der Waals surface area contributed by atoms with E-state index in [9.17, 15) is 0 Å². The Morgan fingerprint density at radius 3 is 2.88 bits per heavy atom. The monoisotopic (exact) mass is 218 g/mol. The molecule has 0 radical (unpaired) electrons. The van der Waals surface area contributed by atoms with Crippen LogP contribution in [0.5, 0.6) is 5.75 Å². The first-order valence-electron chi connectivity index (χ1n) is 6.02. The fourth-order valence-corrected chi connectivity index (χ4v) is 3.12. The smallest absolute Gasteiger partial charge is 0.121 e. The molecule has 86 valence electrons. The lowest BCUT2D eigenvalue weighted by Crippen LogP contribution is -2.33. The van der Waals surface area contributed by atoms with Crippen LogP contribution in [0, 0.1) is 18.8 Å². The molecule has 0 aromatic heterocycles. The summed E-state index contributed by atoms with van der Waals surface area (Å²) in [4.78, 5) is 0. The Morgan fingerprint density at radius 1 is 1.31 bits per heavy atom. The predicted molar refractivity (Wildman–Crippen MR) is 62.9 cm³/mol. The normalized spacial score (nSPS) is 32.0. The molecule has 1 heterocycles. The Hall–Kier alpha value is -1.02. The van der Waals surface area contributed by atoms with Crippen molar-refractivity contribution in [1.82, 2.24) is 0 Å². The van der Waals surface area contributed by atoms with E-state index in [-0.39, 0.29) is 0 Å². The molecule has 2 aliphatic rings. The molecule has 2 fully saturated rings. The van der Waals surface area contributed by atoms with Crippen molar-refractivity contribution in [2.75, 3.05) is 20.3 Å². The molecule has 16 heavy (non-hydrogen) atoms. The second kappa shape index (κ2) is 3.77. The molecule has 1 aromatic carbocycles. The minimum Gasteiger partial charge on any atom is -0.496 e. The number of hydrogen-bond acceptors (Lipinski definition) is 2. The minimum atomic E-state index is 0.720. The van der Waals surface area contributed by atoms with Gasteiger partial charge in [0.05, 0.1) is 13.7 Å². The molecular weight excluding hydrogens is 200 g/mol. The number of benzene rings is 1. The molecule has 0 N–H and O–H groups in total. The first-order chi connectivity index (χ1) is 7.79. The number of methoxy groups -OCH3 is 1. The fourth-order valence-electron chi connectivity index (χ4n) is 3.12. The summed E-state index contributed by atoms with van der Waals surface area (Å²) < 4.78 is 10.8. The average molecular weight is 218 g/mol. The van der Waals surface area contributed by atoms with Crippen LogP contribution in [0.1, 0.15) is 23.5 Å². The van der Waals surface area contributed by atoms with Gasteiger partial charge in [0, 0.05) is 6.61 Å². The van der Waals surface area contributed by atoms with Gasteiger partial charge in [-0.1, -0.05) is 12.1 Å². The Bertz CT molecular complexity index is 400. The van der Waals surface area contributed by atoms with Crippen LogP contribution in [0.2, 0.25) is 0 Å². The van der Waals surface area contributed by atoms with Gasteiger partial charge in [0.2, 0.25) is 0 Å². The first-order valence-corrected chi connectivity index (χ1v) is 6.02. The quantitative estimate of drug-likeness (QED) is 0.760. The van der Waals surface area contributed by atoms with E-state index < -0.39 is 0 Å². The lowest BCUT2D eigenvalue weighted by molar-refractivity contribution is 0.184. The lowest BCUT2D eigenvalue weighted by atomic mass is 9.64. The van der Waals surface area contributed by atoms with Gasteiger partial charge >= 0.3 is 0 Å². The van der Waals surface area contributed by atoms with Crippen LogP contribution in [-0.2, 0) is 4.74 Å². The summed E-state index contributed by atoms with van der Waals surface area (Å²) in [5.74, 6) is 3.31. The third kappa shape index (κ3) is 1.44. The van der Waals surface area contributed by atoms with E-state index in [4.69, 9.17) is 9.47 Å². The second-order valence-electron chi connectivity index (χ2n) is 5.03. The van der Waals surface area contributed by atoms with Gasteiger partial charge in [-0.15, -0.1) is 0 Å². The lowest BCUT2D eigenvalue weighted by Gasteiger charge is -2.39. The standard InChI is InChI=1S/C14H18O2/c1-9-5-10(3-4-14(9)15-2)12-6-11-7-16-8-13(11)12/h3-5,11-13H,6-8H2,1-2H3. The van der Waals surface area contributed by atoms with Gasteiger partial charge in [0.15, 0.2) is 0 Å². The maximum Gasteiger partial charge on any atom is 0.121 e. The molecule has 1 saturated heterocycles. The van der Waals surface area contributed by atoms with Gasteiger partial charge in [-0.25, -0.2) is 0 Å². The minimum absolute atomic E-state index is 0.720. The van der Waals surface area contributed by atoms with E-state index in [1.807, 2.05) is 0 Å². The molecule has 0 bridgehead atoms. The van der Waals surface area contributed by atoms with Crippen molar-refractivity contribution in [2.45, 2.75) is 19.3 Å². The van der Waals surface area contributed by atoms with Crippen LogP contribution in [-0.4, -0.2) is 20.3 Å². The van der Waals surface area contributed by atoms with Crippen molar-refractivity contribution < 1.29 is 9.47 Å². The number of ether oxygens (including phenoxy) is 2. The van der Waals surface area contributed by atoms with E-state index in [0.717, 1.165) is 36.7 Å².